The van der Waals surface area contributed by atoms with Crippen molar-refractivity contribution >= 4 is 49.7 Å². The molecule has 0 bridgehead atoms. The quantitative estimate of drug-likeness (QED) is 0.222. The zero-order valence-electron chi connectivity index (χ0n) is 19.3. The fourth-order valence-corrected chi connectivity index (χ4v) is 4.56. The van der Waals surface area contributed by atoms with E-state index in [9.17, 15) is 4.79 Å². The topological polar surface area (TPSA) is 65.6 Å². The van der Waals surface area contributed by atoms with Gasteiger partial charge < -0.3 is 10.1 Å². The molecule has 0 aliphatic rings. The highest BCUT2D eigenvalue weighted by Crippen LogP contribution is 2.43. The second-order valence-electron chi connectivity index (χ2n) is 8.11. The van der Waals surface area contributed by atoms with Crippen molar-refractivity contribution in [2.24, 2.45) is 0 Å². The van der Waals surface area contributed by atoms with Crippen molar-refractivity contribution < 1.29 is 9.53 Å². The highest BCUT2D eigenvalue weighted by molar-refractivity contribution is 6.26. The van der Waals surface area contributed by atoms with Crippen molar-refractivity contribution in [3.8, 4) is 5.75 Å². The lowest BCUT2D eigenvalue weighted by Crippen LogP contribution is -2.51. The normalized spacial score (nSPS) is 11.1. The summed E-state index contributed by atoms with van der Waals surface area (Å²) >= 11 is 0. The Hall–Kier alpha value is -4.13. The van der Waals surface area contributed by atoms with E-state index in [4.69, 9.17) is 4.74 Å². The summed E-state index contributed by atoms with van der Waals surface area (Å²) in [5, 5.41) is 10.9. The Morgan fingerprint density at radius 2 is 1.41 bits per heavy atom. The largest absolute Gasteiger partial charge is 0.494 e. The van der Waals surface area contributed by atoms with Crippen molar-refractivity contribution in [1.29, 1.82) is 0 Å². The van der Waals surface area contributed by atoms with Gasteiger partial charge in [0.15, 0.2) is 0 Å². The van der Waals surface area contributed by atoms with Gasteiger partial charge in [-0.15, -0.1) is 0 Å². The Labute approximate surface area is 198 Å². The van der Waals surface area contributed by atoms with Gasteiger partial charge in [0.25, 0.3) is 0 Å². The molecule has 0 unspecified atom stereocenters. The first-order valence-electron chi connectivity index (χ1n) is 11.1. The van der Waals surface area contributed by atoms with Gasteiger partial charge in [-0.2, -0.15) is 5.53 Å². The number of nitrogens with one attached hydrogen (secondary N) is 3. The molecule has 0 saturated heterocycles. The van der Waals surface area contributed by atoms with Crippen LogP contribution >= 0.6 is 0 Å². The molecule has 34 heavy (non-hydrogen) atoms. The lowest BCUT2D eigenvalue weighted by molar-refractivity contribution is 0.253. The van der Waals surface area contributed by atoms with E-state index < -0.39 is 0 Å². The van der Waals surface area contributed by atoms with Crippen LogP contribution in [0.3, 0.4) is 0 Å². The van der Waals surface area contributed by atoms with E-state index in [1.807, 2.05) is 42.5 Å². The molecule has 0 atom stereocenters. The van der Waals surface area contributed by atoms with E-state index in [1.54, 1.807) is 14.2 Å². The molecule has 0 aliphatic carbocycles. The van der Waals surface area contributed by atoms with Gasteiger partial charge in [0.05, 0.1) is 7.11 Å². The van der Waals surface area contributed by atoms with Crippen LogP contribution in [-0.4, -0.2) is 20.2 Å². The van der Waals surface area contributed by atoms with E-state index in [0.29, 0.717) is 17.1 Å². The summed E-state index contributed by atoms with van der Waals surface area (Å²) in [4.78, 5) is 13.5. The summed E-state index contributed by atoms with van der Waals surface area (Å²) in [6.07, 6.45) is 0. The molecule has 0 aliphatic heterocycles. The van der Waals surface area contributed by atoms with Crippen LogP contribution in [0.25, 0.3) is 32.3 Å². The molecule has 6 nitrogen and oxygen atoms in total. The molecule has 5 aromatic carbocycles. The number of hydrogen-bond acceptors (Lipinski definition) is 4. The zero-order valence-corrected chi connectivity index (χ0v) is 19.3. The van der Waals surface area contributed by atoms with Crippen molar-refractivity contribution in [1.82, 2.24) is 11.0 Å². The van der Waals surface area contributed by atoms with Crippen LogP contribution < -0.4 is 26.0 Å². The number of hydrogen-bond donors (Lipinski definition) is 3. The smallest absolute Gasteiger partial charge is 0.342 e. The molecule has 3 N–H and O–H groups in total. The van der Waals surface area contributed by atoms with Gasteiger partial charge in [0.1, 0.15) is 11.4 Å². The molecule has 0 spiro atoms. The molecule has 2 amide bonds. The Morgan fingerprint density at radius 3 is 2.09 bits per heavy atom. The van der Waals surface area contributed by atoms with Crippen molar-refractivity contribution in [3.05, 3.63) is 90.5 Å². The number of para-hydroxylation sites is 1. The number of anilines is 2. The number of carbonyl (C=O) groups is 1. The number of amides is 2. The molecule has 0 radical (unpaired) electrons. The zero-order chi connectivity index (χ0) is 23.7. The van der Waals surface area contributed by atoms with E-state index in [0.717, 1.165) is 32.3 Å². The molecular weight excluding hydrogens is 424 g/mol. The average molecular weight is 451 g/mol. The van der Waals surface area contributed by atoms with Crippen LogP contribution in [0.5, 0.6) is 5.75 Å². The lowest BCUT2D eigenvalue weighted by atomic mass is 9.93. The molecule has 0 heterocycles. The summed E-state index contributed by atoms with van der Waals surface area (Å²) in [5.41, 5.74) is 8.41. The van der Waals surface area contributed by atoms with Gasteiger partial charge in [-0.1, -0.05) is 66.7 Å². The summed E-state index contributed by atoms with van der Waals surface area (Å²) in [6, 6.07) is 27.7. The highest BCUT2D eigenvalue weighted by atomic mass is 16.5. The first kappa shape index (κ1) is 21.7. The lowest BCUT2D eigenvalue weighted by Gasteiger charge is -2.27. The monoisotopic (exact) mass is 450 g/mol. The van der Waals surface area contributed by atoms with Crippen LogP contribution in [0.2, 0.25) is 0 Å². The molecule has 0 saturated carbocycles. The molecular formula is C28H26N4O2. The maximum absolute atomic E-state index is 13.5. The number of carbonyl (C=O) groups excluding carboxylic acids is 1. The van der Waals surface area contributed by atoms with E-state index >= 15 is 0 Å². The first-order valence-corrected chi connectivity index (χ1v) is 11.1. The fourth-order valence-electron chi connectivity index (χ4n) is 4.56. The summed E-state index contributed by atoms with van der Waals surface area (Å²) in [6.45, 7) is 2.12. The van der Waals surface area contributed by atoms with Gasteiger partial charge in [0.2, 0.25) is 0 Å². The van der Waals surface area contributed by atoms with Crippen molar-refractivity contribution in [2.75, 3.05) is 24.5 Å². The standard InChI is InChI=1S/C28H26N4O2/c1-18-8-7-9-19-12-13-20-14-15-21-16-17-23(34-3)27(26(21)25(20)24(18)19)32(31-29-2)28(33)30-22-10-5-4-6-11-22/h4-17,29,31H,1-3H3,(H,30,33). The van der Waals surface area contributed by atoms with Gasteiger partial charge in [-0.05, 0) is 57.6 Å². The number of methoxy groups -OCH3 is 1. The fraction of sp³-hybridized carbons (Fsp3) is 0.107. The maximum atomic E-state index is 13.5. The van der Waals surface area contributed by atoms with Crippen LogP contribution in [0.15, 0.2) is 84.9 Å². The first-order chi connectivity index (χ1) is 16.6. The highest BCUT2D eigenvalue weighted by Gasteiger charge is 2.24. The van der Waals surface area contributed by atoms with Gasteiger partial charge >= 0.3 is 6.03 Å². The van der Waals surface area contributed by atoms with Crippen LogP contribution in [0.1, 0.15) is 5.56 Å². The third-order valence-electron chi connectivity index (χ3n) is 6.05. The Kier molecular flexibility index (Phi) is 5.76. The molecule has 5 aromatic rings. The number of hydrazine groups is 2. The Bertz CT molecular complexity index is 1510. The minimum atomic E-state index is -0.347. The van der Waals surface area contributed by atoms with Crippen LogP contribution in [0.4, 0.5) is 16.2 Å². The van der Waals surface area contributed by atoms with E-state index in [-0.39, 0.29) is 6.03 Å². The number of benzene rings is 5. The molecule has 170 valence electrons. The van der Waals surface area contributed by atoms with E-state index in [2.05, 4.69) is 65.7 Å². The number of nitrogens with zero attached hydrogens (tertiary/aromatic N) is 1. The molecule has 5 rings (SSSR count). The number of rotatable bonds is 5. The van der Waals surface area contributed by atoms with Gasteiger partial charge in [0, 0.05) is 18.1 Å². The van der Waals surface area contributed by atoms with Crippen molar-refractivity contribution in [3.63, 3.8) is 0 Å². The average Bonchev–Trinajstić information content (AvgIpc) is 2.87. The number of ether oxygens (including phenoxy) is 1. The second-order valence-corrected chi connectivity index (χ2v) is 8.11. The predicted octanol–water partition coefficient (Wildman–Crippen LogP) is 6.14. The minimum absolute atomic E-state index is 0.347. The van der Waals surface area contributed by atoms with Crippen molar-refractivity contribution in [2.45, 2.75) is 6.92 Å². The van der Waals surface area contributed by atoms with Gasteiger partial charge in [-0.3, -0.25) is 0 Å². The number of urea groups is 1. The van der Waals surface area contributed by atoms with Crippen LogP contribution in [-0.2, 0) is 0 Å². The third kappa shape index (κ3) is 3.69. The molecule has 0 aromatic heterocycles. The predicted molar refractivity (Wildman–Crippen MR) is 140 cm³/mol. The van der Waals surface area contributed by atoms with Gasteiger partial charge in [-0.25, -0.2) is 15.2 Å². The minimum Gasteiger partial charge on any atom is -0.494 e. The summed E-state index contributed by atoms with van der Waals surface area (Å²) < 4.78 is 5.78. The molecule has 0 fully saturated rings. The summed E-state index contributed by atoms with van der Waals surface area (Å²) in [5.74, 6) is 0.580. The third-order valence-corrected chi connectivity index (χ3v) is 6.05. The SMILES string of the molecule is CNNN(C(=O)Nc1ccccc1)c1c(OC)ccc2ccc3ccc4cccc(C)c4c3c12. The summed E-state index contributed by atoms with van der Waals surface area (Å²) in [7, 11) is 3.34. The van der Waals surface area contributed by atoms with Crippen LogP contribution in [0, 0.1) is 6.92 Å². The Morgan fingerprint density at radius 1 is 0.765 bits per heavy atom. The number of aryl methyl sites for hydroxylation is 1. The second kappa shape index (κ2) is 9.02. The Balaban J connectivity index is 1.84. The van der Waals surface area contributed by atoms with E-state index in [1.165, 1.54) is 10.6 Å². The maximum Gasteiger partial charge on any atom is 0.342 e. The molecule has 6 heteroatoms. The number of fused-ring (bicyclic) bond motifs is 5.